The first-order valence-corrected chi connectivity index (χ1v) is 9.18. The molecule has 1 aromatic heterocycles. The predicted molar refractivity (Wildman–Crippen MR) is 93.5 cm³/mol. The van der Waals surface area contributed by atoms with Crippen LogP contribution in [0.4, 0.5) is 0 Å². The number of aromatic nitrogens is 1. The lowest BCUT2D eigenvalue weighted by atomic mass is 10.1. The number of rotatable bonds is 5. The molecular formula is C18H21N3O2S. The number of hydrogen-bond acceptors (Lipinski definition) is 5. The zero-order valence-corrected chi connectivity index (χ0v) is 14.5. The number of aryl methyl sites for hydroxylation is 1. The molecular weight excluding hydrogens is 322 g/mol. The van der Waals surface area contributed by atoms with Gasteiger partial charge in [0, 0.05) is 30.9 Å². The molecule has 1 N–H and O–H groups in total. The lowest BCUT2D eigenvalue weighted by Gasteiger charge is -2.42. The molecule has 0 unspecified atom stereocenters. The van der Waals surface area contributed by atoms with Crippen LogP contribution in [0, 0.1) is 6.92 Å². The molecule has 0 aliphatic carbocycles. The topological polar surface area (TPSA) is 54.5 Å². The minimum absolute atomic E-state index is 0.0457. The van der Waals surface area contributed by atoms with Crippen LogP contribution < -0.4 is 5.32 Å². The van der Waals surface area contributed by atoms with Crippen LogP contribution in [-0.4, -0.2) is 54.2 Å². The maximum Gasteiger partial charge on any atom is 0.273 e. The molecule has 0 atom stereocenters. The standard InChI is InChI=1S/C18H21N3O2S/c1-12-2-4-13(5-3-12)6-17-20-16(11-24-17)18(22)21-7-14(8-21)19-15-9-23-10-15/h2-5,11,14-15,19H,6-10H2,1H3. The van der Waals surface area contributed by atoms with Gasteiger partial charge in [-0.15, -0.1) is 11.3 Å². The number of carbonyl (C=O) groups excluding carboxylic acids is 1. The Morgan fingerprint density at radius 2 is 2.04 bits per heavy atom. The zero-order valence-electron chi connectivity index (χ0n) is 13.7. The van der Waals surface area contributed by atoms with Crippen molar-refractivity contribution in [2.24, 2.45) is 0 Å². The molecule has 2 saturated heterocycles. The summed E-state index contributed by atoms with van der Waals surface area (Å²) in [4.78, 5) is 18.9. The molecule has 2 aromatic rings. The van der Waals surface area contributed by atoms with E-state index in [2.05, 4.69) is 41.5 Å². The molecule has 3 heterocycles. The first-order valence-electron chi connectivity index (χ1n) is 8.30. The van der Waals surface area contributed by atoms with Crippen LogP contribution in [0.1, 0.15) is 26.6 Å². The number of nitrogens with one attached hydrogen (secondary N) is 1. The molecule has 1 aromatic carbocycles. The van der Waals surface area contributed by atoms with Crippen LogP contribution in [0.25, 0.3) is 0 Å². The fourth-order valence-electron chi connectivity index (χ4n) is 2.95. The number of benzene rings is 1. The van der Waals surface area contributed by atoms with E-state index < -0.39 is 0 Å². The van der Waals surface area contributed by atoms with Gasteiger partial charge in [-0.1, -0.05) is 29.8 Å². The Labute approximate surface area is 145 Å². The molecule has 2 aliphatic rings. The zero-order chi connectivity index (χ0) is 16.5. The summed E-state index contributed by atoms with van der Waals surface area (Å²) in [7, 11) is 0. The van der Waals surface area contributed by atoms with Gasteiger partial charge in [0.15, 0.2) is 0 Å². The van der Waals surface area contributed by atoms with Crippen LogP contribution in [0.15, 0.2) is 29.6 Å². The lowest BCUT2D eigenvalue weighted by molar-refractivity contribution is -0.0210. The number of ether oxygens (including phenoxy) is 1. The van der Waals surface area contributed by atoms with Gasteiger partial charge in [0.2, 0.25) is 0 Å². The van der Waals surface area contributed by atoms with Gasteiger partial charge in [0.1, 0.15) is 5.69 Å². The van der Waals surface area contributed by atoms with Gasteiger partial charge in [0.25, 0.3) is 5.91 Å². The van der Waals surface area contributed by atoms with Gasteiger partial charge in [-0.25, -0.2) is 4.98 Å². The molecule has 126 valence electrons. The average molecular weight is 343 g/mol. The van der Waals surface area contributed by atoms with E-state index in [9.17, 15) is 4.79 Å². The maximum atomic E-state index is 12.5. The van der Waals surface area contributed by atoms with Crippen molar-refractivity contribution >= 4 is 17.2 Å². The molecule has 0 bridgehead atoms. The molecule has 2 fully saturated rings. The number of hydrogen-bond donors (Lipinski definition) is 1. The number of amides is 1. The van der Waals surface area contributed by atoms with Gasteiger partial charge in [0.05, 0.1) is 24.3 Å². The van der Waals surface area contributed by atoms with Crippen molar-refractivity contribution in [2.45, 2.75) is 25.4 Å². The van der Waals surface area contributed by atoms with Crippen molar-refractivity contribution in [3.05, 3.63) is 51.5 Å². The van der Waals surface area contributed by atoms with Crippen LogP contribution in [0.2, 0.25) is 0 Å². The molecule has 6 heteroatoms. The lowest BCUT2D eigenvalue weighted by Crippen LogP contribution is -2.64. The van der Waals surface area contributed by atoms with Crippen molar-refractivity contribution < 1.29 is 9.53 Å². The maximum absolute atomic E-state index is 12.5. The Balaban J connectivity index is 1.31. The smallest absolute Gasteiger partial charge is 0.273 e. The highest BCUT2D eigenvalue weighted by Gasteiger charge is 2.34. The summed E-state index contributed by atoms with van der Waals surface area (Å²) in [6.07, 6.45) is 0.782. The third kappa shape index (κ3) is 3.36. The molecule has 2 aliphatic heterocycles. The predicted octanol–water partition coefficient (Wildman–Crippen LogP) is 1.86. The van der Waals surface area contributed by atoms with Gasteiger partial charge >= 0.3 is 0 Å². The van der Waals surface area contributed by atoms with Gasteiger partial charge in [-0.05, 0) is 12.5 Å². The summed E-state index contributed by atoms with van der Waals surface area (Å²) >= 11 is 1.56. The van der Waals surface area contributed by atoms with Crippen LogP contribution in [-0.2, 0) is 11.2 Å². The second-order valence-corrected chi connectivity index (χ2v) is 7.54. The third-order valence-corrected chi connectivity index (χ3v) is 5.37. The molecule has 0 spiro atoms. The van der Waals surface area contributed by atoms with Gasteiger partial charge in [-0.2, -0.15) is 0 Å². The van der Waals surface area contributed by atoms with Gasteiger partial charge < -0.3 is 15.0 Å². The van der Waals surface area contributed by atoms with Gasteiger partial charge in [-0.3, -0.25) is 4.79 Å². The van der Waals surface area contributed by atoms with Crippen LogP contribution in [0.5, 0.6) is 0 Å². The fourth-order valence-corrected chi connectivity index (χ4v) is 3.75. The molecule has 4 rings (SSSR count). The summed E-state index contributed by atoms with van der Waals surface area (Å²) in [5.41, 5.74) is 3.06. The van der Waals surface area contributed by atoms with Crippen molar-refractivity contribution in [3.8, 4) is 0 Å². The average Bonchev–Trinajstić information content (AvgIpc) is 2.94. The number of nitrogens with zero attached hydrogens (tertiary/aromatic N) is 2. The normalized spacial score (nSPS) is 18.3. The SMILES string of the molecule is Cc1ccc(Cc2nc(C(=O)N3CC(NC4COC4)C3)cs2)cc1. The highest BCUT2D eigenvalue weighted by molar-refractivity contribution is 7.09. The van der Waals surface area contributed by atoms with E-state index in [0.717, 1.165) is 37.7 Å². The van der Waals surface area contributed by atoms with E-state index in [1.165, 1.54) is 11.1 Å². The van der Waals surface area contributed by atoms with E-state index in [4.69, 9.17) is 4.74 Å². The Morgan fingerprint density at radius 1 is 1.29 bits per heavy atom. The van der Waals surface area contributed by atoms with Crippen molar-refractivity contribution in [1.82, 2.24) is 15.2 Å². The van der Waals surface area contributed by atoms with E-state index >= 15 is 0 Å². The summed E-state index contributed by atoms with van der Waals surface area (Å²) < 4.78 is 5.15. The Bertz CT molecular complexity index is 718. The molecule has 5 nitrogen and oxygen atoms in total. The Kier molecular flexibility index (Phi) is 4.35. The highest BCUT2D eigenvalue weighted by atomic mass is 32.1. The minimum atomic E-state index is 0.0457. The first kappa shape index (κ1) is 15.7. The highest BCUT2D eigenvalue weighted by Crippen LogP contribution is 2.19. The number of thiazole rings is 1. The van der Waals surface area contributed by atoms with Crippen LogP contribution >= 0.6 is 11.3 Å². The first-order chi connectivity index (χ1) is 11.7. The quantitative estimate of drug-likeness (QED) is 0.900. The summed E-state index contributed by atoms with van der Waals surface area (Å²) in [6.45, 7) is 5.19. The van der Waals surface area contributed by atoms with E-state index in [-0.39, 0.29) is 5.91 Å². The van der Waals surface area contributed by atoms with E-state index in [0.29, 0.717) is 17.8 Å². The summed E-state index contributed by atoms with van der Waals surface area (Å²) in [6, 6.07) is 9.31. The van der Waals surface area contributed by atoms with Crippen molar-refractivity contribution in [3.63, 3.8) is 0 Å². The number of likely N-dealkylation sites (tertiary alicyclic amines) is 1. The Morgan fingerprint density at radius 3 is 2.71 bits per heavy atom. The second kappa shape index (κ2) is 6.63. The monoisotopic (exact) mass is 343 g/mol. The van der Waals surface area contributed by atoms with Crippen molar-refractivity contribution in [1.29, 1.82) is 0 Å². The molecule has 24 heavy (non-hydrogen) atoms. The second-order valence-electron chi connectivity index (χ2n) is 6.60. The summed E-state index contributed by atoms with van der Waals surface area (Å²) in [5.74, 6) is 0.0457. The molecule has 1 amide bonds. The Hall–Kier alpha value is -1.76. The molecule has 0 saturated carbocycles. The van der Waals surface area contributed by atoms with Crippen molar-refractivity contribution in [2.75, 3.05) is 26.3 Å². The fraction of sp³-hybridized carbons (Fsp3) is 0.444. The summed E-state index contributed by atoms with van der Waals surface area (Å²) in [5, 5.41) is 6.37. The largest absolute Gasteiger partial charge is 0.378 e. The minimum Gasteiger partial charge on any atom is -0.378 e. The van der Waals surface area contributed by atoms with Crippen LogP contribution in [0.3, 0.4) is 0 Å². The van der Waals surface area contributed by atoms with E-state index in [1.54, 1.807) is 11.3 Å². The van der Waals surface area contributed by atoms with E-state index in [1.807, 2.05) is 10.3 Å². The third-order valence-electron chi connectivity index (χ3n) is 4.53. The molecule has 0 radical (unpaired) electrons. The number of carbonyl (C=O) groups is 1.